The number of nitrogens with one attached hydrogen (secondary N) is 1. The van der Waals surface area contributed by atoms with Gasteiger partial charge in [0.2, 0.25) is 0 Å². The Morgan fingerprint density at radius 3 is 2.53 bits per heavy atom. The lowest BCUT2D eigenvalue weighted by Crippen LogP contribution is -2.28. The topological polar surface area (TPSA) is 30.5 Å². The molecule has 3 heteroatoms. The van der Waals surface area contributed by atoms with Crippen LogP contribution in [0, 0.1) is 5.92 Å². The molecule has 0 bridgehead atoms. The first-order valence-electron chi connectivity index (χ1n) is 5.97. The lowest BCUT2D eigenvalue weighted by molar-refractivity contribution is 0.0925. The number of methoxy groups -OCH3 is 2. The van der Waals surface area contributed by atoms with Crippen molar-refractivity contribution in [3.63, 3.8) is 0 Å². The summed E-state index contributed by atoms with van der Waals surface area (Å²) < 4.78 is 10.3. The van der Waals surface area contributed by atoms with E-state index in [0.717, 1.165) is 32.0 Å². The average Bonchev–Trinajstić information content (AvgIpc) is 2.24. The Bertz CT molecular complexity index is 131. The Morgan fingerprint density at radius 2 is 2.00 bits per heavy atom. The van der Waals surface area contributed by atoms with Gasteiger partial charge in [0.15, 0.2) is 0 Å². The van der Waals surface area contributed by atoms with Crippen molar-refractivity contribution in [2.75, 3.05) is 33.9 Å². The quantitative estimate of drug-likeness (QED) is 0.568. The molecular formula is C12H27NO2. The highest BCUT2D eigenvalue weighted by Gasteiger charge is 2.11. The van der Waals surface area contributed by atoms with Gasteiger partial charge in [-0.3, -0.25) is 0 Å². The largest absolute Gasteiger partial charge is 0.383 e. The molecule has 0 aliphatic rings. The summed E-state index contributed by atoms with van der Waals surface area (Å²) in [5, 5.41) is 3.42. The smallest absolute Gasteiger partial charge is 0.0587 e. The van der Waals surface area contributed by atoms with Crippen LogP contribution >= 0.6 is 0 Å². The standard InChI is InChI=1S/C12H27NO2/c1-5-6-12(9-11(2)15-4)10-13-7-8-14-3/h11-13H,5-10H2,1-4H3. The summed E-state index contributed by atoms with van der Waals surface area (Å²) in [4.78, 5) is 0. The van der Waals surface area contributed by atoms with Gasteiger partial charge in [-0.1, -0.05) is 13.3 Å². The molecule has 0 heterocycles. The van der Waals surface area contributed by atoms with Crippen molar-refractivity contribution in [2.45, 2.75) is 39.2 Å². The fourth-order valence-corrected chi connectivity index (χ4v) is 1.76. The minimum atomic E-state index is 0.366. The number of ether oxygens (including phenoxy) is 2. The SMILES string of the molecule is CCCC(CNCCOC)CC(C)OC. The predicted molar refractivity (Wildman–Crippen MR) is 64.2 cm³/mol. The van der Waals surface area contributed by atoms with E-state index in [1.165, 1.54) is 12.8 Å². The van der Waals surface area contributed by atoms with Crippen LogP contribution in [0.15, 0.2) is 0 Å². The van der Waals surface area contributed by atoms with Crippen molar-refractivity contribution in [3.8, 4) is 0 Å². The van der Waals surface area contributed by atoms with E-state index in [1.807, 2.05) is 0 Å². The number of rotatable bonds is 10. The highest BCUT2D eigenvalue weighted by atomic mass is 16.5. The molecular weight excluding hydrogens is 190 g/mol. The second kappa shape index (κ2) is 10.4. The Balaban J connectivity index is 3.62. The molecule has 0 spiro atoms. The van der Waals surface area contributed by atoms with Crippen LogP contribution in [0.1, 0.15) is 33.1 Å². The van der Waals surface area contributed by atoms with E-state index in [2.05, 4.69) is 19.2 Å². The minimum Gasteiger partial charge on any atom is -0.383 e. The van der Waals surface area contributed by atoms with E-state index in [-0.39, 0.29) is 0 Å². The van der Waals surface area contributed by atoms with Gasteiger partial charge < -0.3 is 14.8 Å². The molecule has 0 aromatic carbocycles. The van der Waals surface area contributed by atoms with E-state index in [4.69, 9.17) is 9.47 Å². The fourth-order valence-electron chi connectivity index (χ4n) is 1.76. The molecule has 0 fully saturated rings. The fraction of sp³-hybridized carbons (Fsp3) is 1.00. The van der Waals surface area contributed by atoms with Gasteiger partial charge in [-0.15, -0.1) is 0 Å². The Morgan fingerprint density at radius 1 is 1.27 bits per heavy atom. The predicted octanol–water partition coefficient (Wildman–Crippen LogP) is 2.06. The molecule has 0 saturated carbocycles. The normalized spacial score (nSPS) is 15.2. The molecule has 2 atom stereocenters. The van der Waals surface area contributed by atoms with Crippen LogP contribution < -0.4 is 5.32 Å². The third kappa shape index (κ3) is 8.85. The summed E-state index contributed by atoms with van der Waals surface area (Å²) in [5.74, 6) is 0.724. The molecule has 92 valence electrons. The van der Waals surface area contributed by atoms with Crippen molar-refractivity contribution in [1.82, 2.24) is 5.32 Å². The molecule has 0 saturated heterocycles. The first-order valence-corrected chi connectivity index (χ1v) is 5.97. The third-order valence-electron chi connectivity index (χ3n) is 2.68. The van der Waals surface area contributed by atoms with Crippen LogP contribution in [0.3, 0.4) is 0 Å². The van der Waals surface area contributed by atoms with Crippen LogP contribution in [0.5, 0.6) is 0 Å². The highest BCUT2D eigenvalue weighted by molar-refractivity contribution is 4.65. The second-order valence-electron chi connectivity index (χ2n) is 4.13. The van der Waals surface area contributed by atoms with Gasteiger partial charge >= 0.3 is 0 Å². The molecule has 0 rings (SSSR count). The summed E-state index contributed by atoms with van der Waals surface area (Å²) in [6.07, 6.45) is 4.02. The van der Waals surface area contributed by atoms with Gasteiger partial charge in [-0.25, -0.2) is 0 Å². The molecule has 0 radical (unpaired) electrons. The maximum atomic E-state index is 5.30. The molecule has 0 amide bonds. The zero-order valence-electron chi connectivity index (χ0n) is 10.7. The zero-order valence-corrected chi connectivity index (χ0v) is 10.7. The van der Waals surface area contributed by atoms with E-state index in [1.54, 1.807) is 14.2 Å². The molecule has 0 aliphatic carbocycles. The summed E-state index contributed by atoms with van der Waals surface area (Å²) in [6, 6.07) is 0. The second-order valence-corrected chi connectivity index (χ2v) is 4.13. The van der Waals surface area contributed by atoms with Gasteiger partial charge in [0, 0.05) is 20.8 Å². The zero-order chi connectivity index (χ0) is 11.5. The van der Waals surface area contributed by atoms with Crippen molar-refractivity contribution < 1.29 is 9.47 Å². The van der Waals surface area contributed by atoms with Gasteiger partial charge in [-0.05, 0) is 32.2 Å². The molecule has 2 unspecified atom stereocenters. The third-order valence-corrected chi connectivity index (χ3v) is 2.68. The monoisotopic (exact) mass is 217 g/mol. The van der Waals surface area contributed by atoms with Crippen LogP contribution in [0.4, 0.5) is 0 Å². The number of hydrogen-bond acceptors (Lipinski definition) is 3. The molecule has 1 N–H and O–H groups in total. The van der Waals surface area contributed by atoms with E-state index >= 15 is 0 Å². The van der Waals surface area contributed by atoms with Crippen molar-refractivity contribution >= 4 is 0 Å². The van der Waals surface area contributed by atoms with Crippen molar-refractivity contribution in [3.05, 3.63) is 0 Å². The number of hydrogen-bond donors (Lipinski definition) is 1. The van der Waals surface area contributed by atoms with Crippen LogP contribution in [0.2, 0.25) is 0 Å². The van der Waals surface area contributed by atoms with Gasteiger partial charge in [0.25, 0.3) is 0 Å². The molecule has 0 aromatic rings. The maximum Gasteiger partial charge on any atom is 0.0587 e. The summed E-state index contributed by atoms with van der Waals surface area (Å²) in [5.41, 5.74) is 0. The van der Waals surface area contributed by atoms with E-state index in [0.29, 0.717) is 6.10 Å². The van der Waals surface area contributed by atoms with Crippen LogP contribution in [-0.2, 0) is 9.47 Å². The van der Waals surface area contributed by atoms with Crippen molar-refractivity contribution in [1.29, 1.82) is 0 Å². The van der Waals surface area contributed by atoms with E-state index in [9.17, 15) is 0 Å². The van der Waals surface area contributed by atoms with Crippen LogP contribution in [0.25, 0.3) is 0 Å². The summed E-state index contributed by atoms with van der Waals surface area (Å²) >= 11 is 0. The first kappa shape index (κ1) is 14.9. The summed E-state index contributed by atoms with van der Waals surface area (Å²) in [6.45, 7) is 7.18. The molecule has 15 heavy (non-hydrogen) atoms. The van der Waals surface area contributed by atoms with Gasteiger partial charge in [-0.2, -0.15) is 0 Å². The van der Waals surface area contributed by atoms with Crippen LogP contribution in [-0.4, -0.2) is 40.0 Å². The highest BCUT2D eigenvalue weighted by Crippen LogP contribution is 2.14. The molecule has 0 aliphatic heterocycles. The molecule has 0 aromatic heterocycles. The Labute approximate surface area is 94.5 Å². The first-order chi connectivity index (χ1) is 7.24. The van der Waals surface area contributed by atoms with E-state index < -0.39 is 0 Å². The van der Waals surface area contributed by atoms with Crippen molar-refractivity contribution in [2.24, 2.45) is 5.92 Å². The average molecular weight is 217 g/mol. The minimum absolute atomic E-state index is 0.366. The lowest BCUT2D eigenvalue weighted by atomic mass is 9.97. The maximum absolute atomic E-state index is 5.30. The van der Waals surface area contributed by atoms with Gasteiger partial charge in [0.1, 0.15) is 0 Å². The summed E-state index contributed by atoms with van der Waals surface area (Å²) in [7, 11) is 3.52. The molecule has 3 nitrogen and oxygen atoms in total. The Hall–Kier alpha value is -0.120. The Kier molecular flexibility index (Phi) is 10.3. The van der Waals surface area contributed by atoms with Gasteiger partial charge in [0.05, 0.1) is 12.7 Å². The lowest BCUT2D eigenvalue weighted by Gasteiger charge is -2.20.